The Morgan fingerprint density at radius 1 is 1.03 bits per heavy atom. The molecule has 1 saturated heterocycles. The van der Waals surface area contributed by atoms with Gasteiger partial charge in [0.2, 0.25) is 5.95 Å². The molecular weight excluding hydrogens is 460 g/mol. The van der Waals surface area contributed by atoms with Crippen LogP contribution in [0.1, 0.15) is 12.5 Å². The minimum absolute atomic E-state index is 0.0536. The van der Waals surface area contributed by atoms with Crippen molar-refractivity contribution < 1.29 is 21.9 Å². The molecule has 9 heteroatoms. The van der Waals surface area contributed by atoms with Crippen molar-refractivity contribution in [3.63, 3.8) is 0 Å². The van der Waals surface area contributed by atoms with E-state index < -0.39 is 21.5 Å². The third-order valence-electron chi connectivity index (χ3n) is 6.80. The first-order valence-electron chi connectivity index (χ1n) is 11.2. The standard InChI is InChI=1S/C25H25F2N3O3S/c1-3-15-10-28-25(29-11-15)30-12-19-20(13-30)21(19)14-33-24-9-22(26)18(8-23(24)27)16-4-6-17(7-5-16)34(2,31)32/h4-11,19-21H,3,12-14H2,1-2H3/t19-,20+,21+. The zero-order valence-electron chi connectivity index (χ0n) is 18.9. The van der Waals surface area contributed by atoms with Crippen molar-refractivity contribution in [2.45, 2.75) is 18.2 Å². The number of ether oxygens (including phenoxy) is 1. The molecule has 0 N–H and O–H groups in total. The topological polar surface area (TPSA) is 72.4 Å². The maximum Gasteiger partial charge on any atom is 0.225 e. The molecule has 3 aromatic rings. The SMILES string of the molecule is CCc1cnc(N2C[C@@H]3[C@@H](COc4cc(F)c(-c5ccc(S(C)(=O)=O)cc5)cc4F)[C@@H]3C2)nc1. The molecule has 2 heterocycles. The summed E-state index contributed by atoms with van der Waals surface area (Å²) < 4.78 is 58.3. The summed E-state index contributed by atoms with van der Waals surface area (Å²) in [6.07, 6.45) is 5.71. The number of rotatable bonds is 7. The van der Waals surface area contributed by atoms with Crippen LogP contribution in [0.4, 0.5) is 14.7 Å². The van der Waals surface area contributed by atoms with Crippen LogP contribution < -0.4 is 9.64 Å². The van der Waals surface area contributed by atoms with Crippen LogP contribution in [0.2, 0.25) is 0 Å². The van der Waals surface area contributed by atoms with E-state index in [1.54, 1.807) is 0 Å². The number of anilines is 1. The van der Waals surface area contributed by atoms with Gasteiger partial charge in [0.25, 0.3) is 0 Å². The van der Waals surface area contributed by atoms with Crippen LogP contribution in [0.3, 0.4) is 0 Å². The third kappa shape index (κ3) is 4.36. The summed E-state index contributed by atoms with van der Waals surface area (Å²) >= 11 is 0. The molecular formula is C25H25F2N3O3S. The molecule has 0 unspecified atom stereocenters. The normalized spacial score (nSPS) is 21.4. The van der Waals surface area contributed by atoms with Crippen molar-refractivity contribution in [2.75, 3.05) is 30.9 Å². The number of fused-ring (bicyclic) bond motifs is 1. The molecule has 6 nitrogen and oxygen atoms in total. The molecule has 34 heavy (non-hydrogen) atoms. The summed E-state index contributed by atoms with van der Waals surface area (Å²) in [5.41, 5.74) is 1.55. The van der Waals surface area contributed by atoms with Gasteiger partial charge in [-0.25, -0.2) is 27.2 Å². The van der Waals surface area contributed by atoms with Crippen LogP contribution in [-0.2, 0) is 16.3 Å². The van der Waals surface area contributed by atoms with E-state index in [1.165, 1.54) is 24.3 Å². The van der Waals surface area contributed by atoms with Gasteiger partial charge in [-0.05, 0) is 47.6 Å². The van der Waals surface area contributed by atoms with Gasteiger partial charge >= 0.3 is 0 Å². The second-order valence-electron chi connectivity index (χ2n) is 9.01. The molecule has 2 fully saturated rings. The fourth-order valence-corrected chi connectivity index (χ4v) is 5.31. The Bertz CT molecular complexity index is 1300. The Labute approximate surface area is 197 Å². The lowest BCUT2D eigenvalue weighted by Gasteiger charge is -2.20. The predicted octanol–water partition coefficient (Wildman–Crippen LogP) is 4.15. The predicted molar refractivity (Wildman–Crippen MR) is 124 cm³/mol. The number of piperidine rings is 1. The minimum Gasteiger partial charge on any atom is -0.490 e. The van der Waals surface area contributed by atoms with E-state index in [-0.39, 0.29) is 16.2 Å². The molecule has 0 bridgehead atoms. The first kappa shape index (κ1) is 22.7. The summed E-state index contributed by atoms with van der Waals surface area (Å²) in [6, 6.07) is 7.84. The van der Waals surface area contributed by atoms with Crippen molar-refractivity contribution in [1.29, 1.82) is 0 Å². The molecule has 1 aliphatic heterocycles. The minimum atomic E-state index is -3.36. The molecule has 3 atom stereocenters. The van der Waals surface area contributed by atoms with E-state index in [0.717, 1.165) is 49.4 Å². The van der Waals surface area contributed by atoms with E-state index in [2.05, 4.69) is 21.8 Å². The Hall–Kier alpha value is -3.07. The molecule has 1 aromatic heterocycles. The average molecular weight is 486 g/mol. The molecule has 0 radical (unpaired) electrons. The lowest BCUT2D eigenvalue weighted by atomic mass is 10.0. The molecule has 178 valence electrons. The largest absolute Gasteiger partial charge is 0.490 e. The van der Waals surface area contributed by atoms with Gasteiger partial charge in [-0.1, -0.05) is 19.1 Å². The zero-order valence-corrected chi connectivity index (χ0v) is 19.7. The fourth-order valence-electron chi connectivity index (χ4n) is 4.68. The van der Waals surface area contributed by atoms with Crippen LogP contribution >= 0.6 is 0 Å². The Balaban J connectivity index is 1.20. The van der Waals surface area contributed by atoms with Crippen molar-refractivity contribution in [3.8, 4) is 16.9 Å². The van der Waals surface area contributed by atoms with Crippen molar-refractivity contribution in [1.82, 2.24) is 9.97 Å². The monoisotopic (exact) mass is 485 g/mol. The number of benzene rings is 2. The van der Waals surface area contributed by atoms with Gasteiger partial charge in [-0.3, -0.25) is 0 Å². The van der Waals surface area contributed by atoms with Gasteiger partial charge < -0.3 is 9.64 Å². The summed E-state index contributed by atoms with van der Waals surface area (Å²) in [4.78, 5) is 11.2. The number of sulfone groups is 1. The molecule has 0 spiro atoms. The van der Waals surface area contributed by atoms with Gasteiger partial charge in [0.1, 0.15) is 5.82 Å². The van der Waals surface area contributed by atoms with Crippen LogP contribution in [0.25, 0.3) is 11.1 Å². The Morgan fingerprint density at radius 3 is 2.26 bits per heavy atom. The fraction of sp³-hybridized carbons (Fsp3) is 0.360. The van der Waals surface area contributed by atoms with Crippen molar-refractivity contribution in [2.24, 2.45) is 17.8 Å². The van der Waals surface area contributed by atoms with Crippen LogP contribution in [-0.4, -0.2) is 44.3 Å². The lowest BCUT2D eigenvalue weighted by molar-refractivity contribution is 0.269. The summed E-state index contributed by atoms with van der Waals surface area (Å²) in [7, 11) is -3.36. The summed E-state index contributed by atoms with van der Waals surface area (Å²) in [6.45, 7) is 4.07. The lowest BCUT2D eigenvalue weighted by Crippen LogP contribution is -2.27. The van der Waals surface area contributed by atoms with E-state index >= 15 is 0 Å². The Morgan fingerprint density at radius 2 is 1.68 bits per heavy atom. The molecule has 5 rings (SSSR count). The highest BCUT2D eigenvalue weighted by molar-refractivity contribution is 7.90. The van der Waals surface area contributed by atoms with Crippen molar-refractivity contribution in [3.05, 3.63) is 66.0 Å². The number of aromatic nitrogens is 2. The summed E-state index contributed by atoms with van der Waals surface area (Å²) in [5, 5.41) is 0. The highest BCUT2D eigenvalue weighted by atomic mass is 32.2. The number of aryl methyl sites for hydroxylation is 1. The highest BCUT2D eigenvalue weighted by Gasteiger charge is 2.56. The average Bonchev–Trinajstić information content (AvgIpc) is 3.27. The quantitative estimate of drug-likeness (QED) is 0.501. The number of halogens is 2. The first-order chi connectivity index (χ1) is 16.2. The molecule has 2 aliphatic rings. The molecule has 1 aliphatic carbocycles. The molecule has 2 aromatic carbocycles. The maximum absolute atomic E-state index is 14.7. The van der Waals surface area contributed by atoms with Crippen LogP contribution in [0.5, 0.6) is 5.75 Å². The number of hydrogen-bond donors (Lipinski definition) is 0. The van der Waals surface area contributed by atoms with Gasteiger partial charge in [0, 0.05) is 49.3 Å². The van der Waals surface area contributed by atoms with E-state index in [4.69, 9.17) is 4.74 Å². The highest BCUT2D eigenvalue weighted by Crippen LogP contribution is 2.52. The molecule has 1 saturated carbocycles. The second kappa shape index (κ2) is 8.61. The number of nitrogens with zero attached hydrogens (tertiary/aromatic N) is 3. The molecule has 0 amide bonds. The smallest absolute Gasteiger partial charge is 0.225 e. The summed E-state index contributed by atoms with van der Waals surface area (Å²) in [5.74, 6) is 0.521. The van der Waals surface area contributed by atoms with Gasteiger partial charge in [-0.15, -0.1) is 0 Å². The second-order valence-corrected chi connectivity index (χ2v) is 11.0. The zero-order chi connectivity index (χ0) is 24.0. The maximum atomic E-state index is 14.7. The van der Waals surface area contributed by atoms with E-state index in [0.29, 0.717) is 29.9 Å². The van der Waals surface area contributed by atoms with Gasteiger partial charge in [0.05, 0.1) is 11.5 Å². The first-order valence-corrected chi connectivity index (χ1v) is 13.1. The van der Waals surface area contributed by atoms with Gasteiger partial charge in [-0.2, -0.15) is 0 Å². The van der Waals surface area contributed by atoms with E-state index in [9.17, 15) is 17.2 Å². The van der Waals surface area contributed by atoms with Crippen molar-refractivity contribution >= 4 is 15.8 Å². The van der Waals surface area contributed by atoms with Crippen LogP contribution in [0, 0.1) is 29.4 Å². The van der Waals surface area contributed by atoms with Gasteiger partial charge in [0.15, 0.2) is 21.4 Å². The van der Waals surface area contributed by atoms with Crippen LogP contribution in [0.15, 0.2) is 53.7 Å². The van der Waals surface area contributed by atoms with E-state index in [1.807, 2.05) is 12.4 Å². The number of hydrogen-bond acceptors (Lipinski definition) is 6. The Kier molecular flexibility index (Phi) is 5.75. The third-order valence-corrected chi connectivity index (χ3v) is 7.93.